The molecule has 0 aliphatic heterocycles. The van der Waals surface area contributed by atoms with Gasteiger partial charge in [-0.15, -0.1) is 0 Å². The number of pyridine rings is 1. The van der Waals surface area contributed by atoms with Crippen molar-refractivity contribution in [2.45, 2.75) is 12.2 Å². The van der Waals surface area contributed by atoms with Crippen LogP contribution >= 0.6 is 11.6 Å². The van der Waals surface area contributed by atoms with Crippen molar-refractivity contribution >= 4 is 23.5 Å². The first-order valence-electron chi connectivity index (χ1n) is 4.77. The van der Waals surface area contributed by atoms with Gasteiger partial charge < -0.3 is 20.7 Å². The molecule has 18 heavy (non-hydrogen) atoms. The first-order valence-corrected chi connectivity index (χ1v) is 5.15. The predicted molar refractivity (Wildman–Crippen MR) is 60.7 cm³/mol. The summed E-state index contributed by atoms with van der Waals surface area (Å²) in [5.41, 5.74) is 4.77. The lowest BCUT2D eigenvalue weighted by atomic mass is 10.0. The number of ether oxygens (including phenoxy) is 1. The molecule has 0 radical (unpaired) electrons. The molecule has 0 spiro atoms. The molecule has 4 N–H and O–H groups in total. The number of rotatable bonds is 4. The number of nitrogens with zero attached hydrogens (tertiary/aromatic N) is 1. The van der Waals surface area contributed by atoms with E-state index in [2.05, 4.69) is 9.72 Å². The minimum absolute atomic E-state index is 0.0195. The van der Waals surface area contributed by atoms with E-state index in [-0.39, 0.29) is 16.3 Å². The zero-order valence-corrected chi connectivity index (χ0v) is 10.1. The van der Waals surface area contributed by atoms with E-state index in [9.17, 15) is 19.8 Å². The van der Waals surface area contributed by atoms with E-state index < -0.39 is 24.1 Å². The number of aromatic nitrogens is 1. The Hall–Kier alpha value is -1.70. The molecule has 0 saturated carbocycles. The molecule has 1 aromatic rings. The number of aliphatic hydroxyl groups is 2. The van der Waals surface area contributed by atoms with Crippen molar-refractivity contribution in [3.05, 3.63) is 28.5 Å². The number of amides is 1. The lowest BCUT2D eigenvalue weighted by molar-refractivity contribution is -0.131. The molecule has 0 aliphatic carbocycles. The Morgan fingerprint density at radius 2 is 2.11 bits per heavy atom. The summed E-state index contributed by atoms with van der Waals surface area (Å²) >= 11 is 5.67. The normalized spacial score (nSPS) is 13.8. The maximum atomic E-state index is 11.3. The minimum atomic E-state index is -1.81. The van der Waals surface area contributed by atoms with E-state index >= 15 is 0 Å². The van der Waals surface area contributed by atoms with Crippen LogP contribution in [-0.2, 0) is 9.53 Å². The Balaban J connectivity index is 3.12. The number of carbonyl (C=O) groups excluding carboxylic acids is 2. The van der Waals surface area contributed by atoms with Gasteiger partial charge in [0.2, 0.25) is 5.91 Å². The minimum Gasteiger partial charge on any atom is -0.465 e. The number of aliphatic hydroxyl groups excluding tert-OH is 2. The lowest BCUT2D eigenvalue weighted by Crippen LogP contribution is -2.34. The molecule has 0 saturated heterocycles. The fraction of sp³-hybridized carbons (Fsp3) is 0.300. The van der Waals surface area contributed by atoms with E-state index in [0.717, 1.165) is 19.4 Å². The van der Waals surface area contributed by atoms with E-state index in [1.807, 2.05) is 0 Å². The summed E-state index contributed by atoms with van der Waals surface area (Å²) in [6, 6.07) is 1.16. The second-order valence-corrected chi connectivity index (χ2v) is 3.75. The lowest BCUT2D eigenvalue weighted by Gasteiger charge is -2.15. The zero-order valence-electron chi connectivity index (χ0n) is 9.33. The van der Waals surface area contributed by atoms with E-state index in [4.69, 9.17) is 17.3 Å². The molecular weight excluding hydrogens is 264 g/mol. The summed E-state index contributed by atoms with van der Waals surface area (Å²) in [7, 11) is 1.15. The quantitative estimate of drug-likeness (QED) is 0.498. The molecule has 98 valence electrons. The third kappa shape index (κ3) is 2.95. The molecule has 7 nitrogen and oxygen atoms in total. The van der Waals surface area contributed by atoms with Crippen molar-refractivity contribution in [1.29, 1.82) is 0 Å². The van der Waals surface area contributed by atoms with Gasteiger partial charge in [0, 0.05) is 11.8 Å². The van der Waals surface area contributed by atoms with Gasteiger partial charge in [-0.2, -0.15) is 0 Å². The number of hydrogen-bond donors (Lipinski definition) is 3. The molecule has 0 aliphatic rings. The zero-order chi connectivity index (χ0) is 13.9. The summed E-state index contributed by atoms with van der Waals surface area (Å²) in [6.07, 6.45) is -2.29. The van der Waals surface area contributed by atoms with Crippen molar-refractivity contribution in [2.75, 3.05) is 7.11 Å². The van der Waals surface area contributed by atoms with Crippen LogP contribution in [0.1, 0.15) is 22.0 Å². The molecule has 0 fully saturated rings. The highest BCUT2D eigenvalue weighted by molar-refractivity contribution is 6.32. The van der Waals surface area contributed by atoms with E-state index in [1.54, 1.807) is 0 Å². The van der Waals surface area contributed by atoms with E-state index in [0.29, 0.717) is 0 Å². The molecule has 1 rings (SSSR count). The van der Waals surface area contributed by atoms with Crippen LogP contribution in [0.5, 0.6) is 0 Å². The van der Waals surface area contributed by atoms with Crippen LogP contribution in [0.15, 0.2) is 12.3 Å². The van der Waals surface area contributed by atoms with Gasteiger partial charge in [0.1, 0.15) is 11.3 Å². The van der Waals surface area contributed by atoms with Crippen molar-refractivity contribution in [3.63, 3.8) is 0 Å². The monoisotopic (exact) mass is 274 g/mol. The number of halogens is 1. The van der Waals surface area contributed by atoms with Gasteiger partial charge in [0.05, 0.1) is 12.7 Å². The van der Waals surface area contributed by atoms with Crippen LogP contribution in [0.4, 0.5) is 0 Å². The maximum Gasteiger partial charge on any atom is 0.341 e. The van der Waals surface area contributed by atoms with Crippen LogP contribution in [0.25, 0.3) is 0 Å². The molecule has 1 aromatic heterocycles. The number of methoxy groups -OCH3 is 1. The highest BCUT2D eigenvalue weighted by atomic mass is 35.5. The van der Waals surface area contributed by atoms with Crippen molar-refractivity contribution < 1.29 is 24.5 Å². The topological polar surface area (TPSA) is 123 Å². The summed E-state index contributed by atoms with van der Waals surface area (Å²) < 4.78 is 4.46. The van der Waals surface area contributed by atoms with Gasteiger partial charge in [-0.25, -0.2) is 9.78 Å². The fourth-order valence-electron chi connectivity index (χ4n) is 1.22. The highest BCUT2D eigenvalue weighted by Gasteiger charge is 2.25. The fourth-order valence-corrected chi connectivity index (χ4v) is 1.40. The largest absolute Gasteiger partial charge is 0.465 e. The molecule has 0 bridgehead atoms. The molecule has 1 amide bonds. The second kappa shape index (κ2) is 5.76. The van der Waals surface area contributed by atoms with Gasteiger partial charge in [0.15, 0.2) is 6.10 Å². The standard InChI is InChI=1S/C10H11ClN2O5/c1-18-10(17)5-2-4(3-13-8(5)11)6(14)7(15)9(12)16/h2-3,6-7,14-15H,1H3,(H2,12,16). The number of carbonyl (C=O) groups is 2. The summed E-state index contributed by atoms with van der Waals surface area (Å²) in [6.45, 7) is 0. The third-order valence-electron chi connectivity index (χ3n) is 2.20. The predicted octanol–water partition coefficient (Wildman–Crippen LogP) is -0.599. The van der Waals surface area contributed by atoms with Gasteiger partial charge in [-0.3, -0.25) is 4.79 Å². The average molecular weight is 275 g/mol. The third-order valence-corrected chi connectivity index (χ3v) is 2.50. The van der Waals surface area contributed by atoms with Gasteiger partial charge in [0.25, 0.3) is 0 Å². The molecule has 2 unspecified atom stereocenters. The van der Waals surface area contributed by atoms with Gasteiger partial charge in [-0.05, 0) is 6.07 Å². The summed E-state index contributed by atoms with van der Waals surface area (Å²) in [5, 5.41) is 18.8. The first kappa shape index (κ1) is 14.4. The molecule has 8 heteroatoms. The van der Waals surface area contributed by atoms with Crippen LogP contribution in [0.3, 0.4) is 0 Å². The summed E-state index contributed by atoms with van der Waals surface area (Å²) in [5.74, 6) is -1.85. The summed E-state index contributed by atoms with van der Waals surface area (Å²) in [4.78, 5) is 25.7. The Kier molecular flexibility index (Phi) is 4.60. The van der Waals surface area contributed by atoms with E-state index in [1.165, 1.54) is 0 Å². The Morgan fingerprint density at radius 3 is 2.61 bits per heavy atom. The molecular formula is C10H11ClN2O5. The molecule has 2 atom stereocenters. The van der Waals surface area contributed by atoms with Crippen molar-refractivity contribution in [3.8, 4) is 0 Å². The first-order chi connectivity index (χ1) is 8.38. The second-order valence-electron chi connectivity index (χ2n) is 3.39. The highest BCUT2D eigenvalue weighted by Crippen LogP contribution is 2.21. The Labute approximate surface area is 107 Å². The number of primary amides is 1. The smallest absolute Gasteiger partial charge is 0.341 e. The van der Waals surface area contributed by atoms with Gasteiger partial charge >= 0.3 is 5.97 Å². The number of esters is 1. The number of hydrogen-bond acceptors (Lipinski definition) is 6. The van der Waals surface area contributed by atoms with Crippen molar-refractivity contribution in [2.24, 2.45) is 5.73 Å². The van der Waals surface area contributed by atoms with Crippen molar-refractivity contribution in [1.82, 2.24) is 4.98 Å². The SMILES string of the molecule is COC(=O)c1cc(C(O)C(O)C(N)=O)cnc1Cl. The van der Waals surface area contributed by atoms with Crippen LogP contribution < -0.4 is 5.73 Å². The van der Waals surface area contributed by atoms with Crippen LogP contribution in [0, 0.1) is 0 Å². The molecule has 0 aromatic carbocycles. The van der Waals surface area contributed by atoms with Crippen LogP contribution in [-0.4, -0.2) is 40.3 Å². The number of nitrogens with two attached hydrogens (primary N) is 1. The average Bonchev–Trinajstić information content (AvgIpc) is 2.36. The van der Waals surface area contributed by atoms with Gasteiger partial charge in [-0.1, -0.05) is 11.6 Å². The Morgan fingerprint density at radius 1 is 1.50 bits per heavy atom. The van der Waals surface area contributed by atoms with Crippen LogP contribution in [0.2, 0.25) is 5.15 Å². The maximum absolute atomic E-state index is 11.3. The molecule has 1 heterocycles. The Bertz CT molecular complexity index is 479.